The molecule has 1 unspecified atom stereocenters. The molecule has 5 nitrogen and oxygen atoms in total. The van der Waals surface area contributed by atoms with Crippen molar-refractivity contribution in [1.29, 1.82) is 0 Å². The highest BCUT2D eigenvalue weighted by Crippen LogP contribution is 2.44. The second kappa shape index (κ2) is 6.14. The third-order valence-electron chi connectivity index (χ3n) is 4.78. The van der Waals surface area contributed by atoms with Gasteiger partial charge < -0.3 is 14.8 Å². The van der Waals surface area contributed by atoms with Gasteiger partial charge in [0, 0.05) is 14.2 Å². The van der Waals surface area contributed by atoms with Crippen LogP contribution >= 0.6 is 0 Å². The van der Waals surface area contributed by atoms with Crippen molar-refractivity contribution in [3.05, 3.63) is 11.9 Å². The number of likely N-dealkylation sites (N-methyl/N-ethyl adjacent to an activating group) is 1. The Labute approximate surface area is 121 Å². The molecule has 0 amide bonds. The molecular formula is C15H27N3O2. The number of ether oxygens (including phenoxy) is 2. The molecule has 1 aromatic heterocycles. The Hall–Kier alpha value is -1.07. The quantitative estimate of drug-likeness (QED) is 0.899. The molecule has 0 aliphatic heterocycles. The summed E-state index contributed by atoms with van der Waals surface area (Å²) in [7, 11) is 7.45. The molecular weight excluding hydrogens is 254 g/mol. The van der Waals surface area contributed by atoms with E-state index in [-0.39, 0.29) is 11.6 Å². The highest BCUT2D eigenvalue weighted by Gasteiger charge is 2.44. The molecule has 1 aliphatic carbocycles. The van der Waals surface area contributed by atoms with Crippen LogP contribution in [0.15, 0.2) is 6.20 Å². The average Bonchev–Trinajstić information content (AvgIpc) is 2.83. The van der Waals surface area contributed by atoms with Crippen LogP contribution in [-0.4, -0.2) is 36.6 Å². The van der Waals surface area contributed by atoms with Crippen LogP contribution in [0, 0.1) is 5.92 Å². The molecule has 1 aliphatic rings. The normalized spacial score (nSPS) is 28.4. The number of hydrogen-bond acceptors (Lipinski definition) is 4. The third kappa shape index (κ3) is 2.56. The minimum Gasteiger partial charge on any atom is -0.493 e. The summed E-state index contributed by atoms with van der Waals surface area (Å²) in [6.45, 7) is 2.32. The predicted octanol–water partition coefficient (Wildman–Crippen LogP) is 2.28. The van der Waals surface area contributed by atoms with E-state index in [1.165, 1.54) is 12.8 Å². The zero-order valence-electron chi connectivity index (χ0n) is 13.3. The zero-order chi connectivity index (χ0) is 14.8. The van der Waals surface area contributed by atoms with Gasteiger partial charge >= 0.3 is 0 Å². The second-order valence-electron chi connectivity index (χ2n) is 5.89. The first-order valence-electron chi connectivity index (χ1n) is 7.36. The summed E-state index contributed by atoms with van der Waals surface area (Å²) in [4.78, 5) is 0. The van der Waals surface area contributed by atoms with Crippen LogP contribution in [-0.2, 0) is 11.8 Å². The summed E-state index contributed by atoms with van der Waals surface area (Å²) in [6.07, 6.45) is 6.29. The van der Waals surface area contributed by atoms with Gasteiger partial charge in [-0.1, -0.05) is 6.92 Å². The highest BCUT2D eigenvalue weighted by molar-refractivity contribution is 5.30. The lowest BCUT2D eigenvalue weighted by Crippen LogP contribution is -2.47. The molecule has 1 heterocycles. The molecule has 2 rings (SSSR count). The SMILES string of the molecule is CNC(c1c(OC)cnn1C)C1(OC)CCC(C)CC1. The third-order valence-corrected chi connectivity index (χ3v) is 4.78. The monoisotopic (exact) mass is 281 g/mol. The van der Waals surface area contributed by atoms with Crippen LogP contribution in [0.5, 0.6) is 5.75 Å². The van der Waals surface area contributed by atoms with Crippen LogP contribution in [0.1, 0.15) is 44.3 Å². The van der Waals surface area contributed by atoms with Crippen molar-refractivity contribution in [3.63, 3.8) is 0 Å². The molecule has 0 spiro atoms. The van der Waals surface area contributed by atoms with Crippen LogP contribution in [0.4, 0.5) is 0 Å². The molecule has 0 radical (unpaired) electrons. The molecule has 1 fully saturated rings. The number of rotatable bonds is 5. The maximum atomic E-state index is 6.00. The maximum Gasteiger partial charge on any atom is 0.161 e. The van der Waals surface area contributed by atoms with Crippen LogP contribution in [0.25, 0.3) is 0 Å². The van der Waals surface area contributed by atoms with E-state index in [4.69, 9.17) is 9.47 Å². The Morgan fingerprint density at radius 3 is 2.55 bits per heavy atom. The molecule has 1 atom stereocenters. The number of nitrogens with zero attached hydrogens (tertiary/aromatic N) is 2. The Morgan fingerprint density at radius 2 is 2.05 bits per heavy atom. The summed E-state index contributed by atoms with van der Waals surface area (Å²) >= 11 is 0. The van der Waals surface area contributed by atoms with Gasteiger partial charge in [-0.3, -0.25) is 4.68 Å². The van der Waals surface area contributed by atoms with Gasteiger partial charge in [0.2, 0.25) is 0 Å². The van der Waals surface area contributed by atoms with Gasteiger partial charge in [0.15, 0.2) is 5.75 Å². The largest absolute Gasteiger partial charge is 0.493 e. The first-order chi connectivity index (χ1) is 9.57. The molecule has 0 saturated heterocycles. The Balaban J connectivity index is 2.36. The zero-order valence-corrected chi connectivity index (χ0v) is 13.3. The average molecular weight is 281 g/mol. The number of aromatic nitrogens is 2. The van der Waals surface area contributed by atoms with Crippen LogP contribution < -0.4 is 10.1 Å². The maximum absolute atomic E-state index is 6.00. The molecule has 0 aromatic carbocycles. The van der Waals surface area contributed by atoms with Crippen molar-refractivity contribution in [2.45, 2.75) is 44.2 Å². The molecule has 20 heavy (non-hydrogen) atoms. The second-order valence-corrected chi connectivity index (χ2v) is 5.89. The predicted molar refractivity (Wildman–Crippen MR) is 78.9 cm³/mol. The van der Waals surface area contributed by atoms with Crippen LogP contribution in [0.3, 0.4) is 0 Å². The number of nitrogens with one attached hydrogen (secondary N) is 1. The summed E-state index contributed by atoms with van der Waals surface area (Å²) in [5, 5.41) is 7.76. The van der Waals surface area contributed by atoms with Crippen molar-refractivity contribution >= 4 is 0 Å². The van der Waals surface area contributed by atoms with Gasteiger partial charge in [-0.25, -0.2) is 0 Å². The van der Waals surface area contributed by atoms with Crippen LogP contribution in [0.2, 0.25) is 0 Å². The minimum absolute atomic E-state index is 0.0856. The van der Waals surface area contributed by atoms with E-state index in [2.05, 4.69) is 17.3 Å². The lowest BCUT2D eigenvalue weighted by atomic mass is 9.74. The first-order valence-corrected chi connectivity index (χ1v) is 7.36. The molecule has 0 bridgehead atoms. The first kappa shape index (κ1) is 15.3. The van der Waals surface area contributed by atoms with Gasteiger partial charge in [0.1, 0.15) is 0 Å². The van der Waals surface area contributed by atoms with Crippen molar-refractivity contribution < 1.29 is 9.47 Å². The standard InChI is InChI=1S/C15H27N3O2/c1-11-6-8-15(20-5,9-7-11)14(16-2)13-12(19-4)10-17-18(13)3/h10-11,14,16H,6-9H2,1-5H3. The Bertz CT molecular complexity index is 436. The van der Waals surface area contributed by atoms with E-state index in [1.54, 1.807) is 13.3 Å². The summed E-state index contributed by atoms with van der Waals surface area (Å²) < 4.78 is 13.4. The molecule has 114 valence electrons. The lowest BCUT2D eigenvalue weighted by molar-refractivity contribution is -0.0765. The molecule has 1 N–H and O–H groups in total. The minimum atomic E-state index is -0.178. The highest BCUT2D eigenvalue weighted by atomic mass is 16.5. The summed E-state index contributed by atoms with van der Waals surface area (Å²) in [6, 6.07) is 0.0856. The lowest BCUT2D eigenvalue weighted by Gasteiger charge is -2.44. The fourth-order valence-corrected chi connectivity index (χ4v) is 3.42. The number of aryl methyl sites for hydroxylation is 1. The van der Waals surface area contributed by atoms with Gasteiger partial charge in [-0.15, -0.1) is 0 Å². The van der Waals surface area contributed by atoms with Crippen molar-refractivity contribution in [3.8, 4) is 5.75 Å². The topological polar surface area (TPSA) is 48.3 Å². The van der Waals surface area contributed by atoms with E-state index in [0.717, 1.165) is 30.2 Å². The van der Waals surface area contributed by atoms with Gasteiger partial charge in [0.05, 0.1) is 30.6 Å². The van der Waals surface area contributed by atoms with Crippen molar-refractivity contribution in [1.82, 2.24) is 15.1 Å². The number of hydrogen-bond donors (Lipinski definition) is 1. The molecule has 1 saturated carbocycles. The van der Waals surface area contributed by atoms with E-state index in [0.29, 0.717) is 0 Å². The molecule has 5 heteroatoms. The summed E-state index contributed by atoms with van der Waals surface area (Å²) in [5.41, 5.74) is 0.883. The van der Waals surface area contributed by atoms with E-state index < -0.39 is 0 Å². The summed E-state index contributed by atoms with van der Waals surface area (Å²) in [5.74, 6) is 1.60. The van der Waals surface area contributed by atoms with E-state index in [1.807, 2.05) is 25.9 Å². The Morgan fingerprint density at radius 1 is 1.40 bits per heavy atom. The van der Waals surface area contributed by atoms with Crippen molar-refractivity contribution in [2.24, 2.45) is 13.0 Å². The van der Waals surface area contributed by atoms with Gasteiger partial charge in [0.25, 0.3) is 0 Å². The van der Waals surface area contributed by atoms with E-state index >= 15 is 0 Å². The number of methoxy groups -OCH3 is 2. The van der Waals surface area contributed by atoms with Crippen molar-refractivity contribution in [2.75, 3.05) is 21.3 Å². The fraction of sp³-hybridized carbons (Fsp3) is 0.800. The Kier molecular flexibility index (Phi) is 4.70. The van der Waals surface area contributed by atoms with Gasteiger partial charge in [-0.2, -0.15) is 5.10 Å². The smallest absolute Gasteiger partial charge is 0.161 e. The van der Waals surface area contributed by atoms with E-state index in [9.17, 15) is 0 Å². The van der Waals surface area contributed by atoms with Gasteiger partial charge in [-0.05, 0) is 38.6 Å². The fourth-order valence-electron chi connectivity index (χ4n) is 3.42. The molecule has 1 aromatic rings.